The number of nitrogens with one attached hydrogen (secondary N) is 1. The predicted molar refractivity (Wildman–Crippen MR) is 90.8 cm³/mol. The van der Waals surface area contributed by atoms with Crippen molar-refractivity contribution in [1.82, 2.24) is 30.3 Å². The molecule has 0 aliphatic carbocycles. The molecule has 0 radical (unpaired) electrons. The maximum atomic E-state index is 12.1. The van der Waals surface area contributed by atoms with Crippen LogP contribution in [0.3, 0.4) is 0 Å². The number of nitrogens with zero attached hydrogens (tertiary/aromatic N) is 5. The summed E-state index contributed by atoms with van der Waals surface area (Å²) in [4.78, 5) is 20.4. The lowest BCUT2D eigenvalue weighted by Crippen LogP contribution is -2.22. The topological polar surface area (TPSA) is 94.8 Å². The molecule has 0 unspecified atom stereocenters. The fourth-order valence-electron chi connectivity index (χ4n) is 2.28. The normalized spacial score (nSPS) is 10.5. The molecule has 0 atom stereocenters. The van der Waals surface area contributed by atoms with Gasteiger partial charge in [0.2, 0.25) is 0 Å². The van der Waals surface area contributed by atoms with Crippen LogP contribution in [-0.2, 0) is 13.7 Å². The molecule has 0 fully saturated rings. The third-order valence-corrected chi connectivity index (χ3v) is 3.43. The van der Waals surface area contributed by atoms with Crippen molar-refractivity contribution < 1.29 is 9.53 Å². The minimum Gasteiger partial charge on any atom is -0.485 e. The molecule has 1 N–H and O–H groups in total. The summed E-state index contributed by atoms with van der Waals surface area (Å²) in [7, 11) is 1.78. The van der Waals surface area contributed by atoms with E-state index in [1.165, 1.54) is 0 Å². The zero-order chi connectivity index (χ0) is 17.6. The van der Waals surface area contributed by atoms with Crippen LogP contribution in [0.4, 0.5) is 0 Å². The molecule has 8 heteroatoms. The molecule has 8 nitrogen and oxygen atoms in total. The van der Waals surface area contributed by atoms with E-state index in [4.69, 9.17) is 4.74 Å². The van der Waals surface area contributed by atoms with Crippen LogP contribution < -0.4 is 10.1 Å². The maximum absolute atomic E-state index is 12.1. The molecule has 1 aromatic carbocycles. The van der Waals surface area contributed by atoms with Crippen molar-refractivity contribution in [3.05, 3.63) is 54.2 Å². The number of benzene rings is 1. The van der Waals surface area contributed by atoms with E-state index in [2.05, 4.69) is 25.6 Å². The molecule has 1 amide bonds. The molecule has 0 bridgehead atoms. The molecular weight excluding hydrogens is 320 g/mol. The van der Waals surface area contributed by atoms with Gasteiger partial charge in [-0.05, 0) is 31.2 Å². The van der Waals surface area contributed by atoms with Gasteiger partial charge in [-0.2, -0.15) is 0 Å². The lowest BCUT2D eigenvalue weighted by molar-refractivity contribution is 0.0956. The number of carbonyl (C=O) groups is 1. The zero-order valence-electron chi connectivity index (χ0n) is 14.0. The largest absolute Gasteiger partial charge is 0.485 e. The molecule has 0 aliphatic rings. The third kappa shape index (κ3) is 3.97. The number of aryl methyl sites for hydroxylation is 1. The Labute approximate surface area is 144 Å². The number of rotatable bonds is 6. The van der Waals surface area contributed by atoms with Crippen molar-refractivity contribution in [2.24, 2.45) is 7.05 Å². The van der Waals surface area contributed by atoms with E-state index in [0.29, 0.717) is 34.9 Å². The van der Waals surface area contributed by atoms with Gasteiger partial charge in [-0.25, -0.2) is 9.97 Å². The van der Waals surface area contributed by atoms with Crippen LogP contribution >= 0.6 is 0 Å². The summed E-state index contributed by atoms with van der Waals surface area (Å²) in [6.45, 7) is 2.65. The van der Waals surface area contributed by atoms with Gasteiger partial charge in [-0.3, -0.25) is 9.48 Å². The Morgan fingerprint density at radius 3 is 2.76 bits per heavy atom. The Bertz CT molecular complexity index is 863. The van der Waals surface area contributed by atoms with E-state index in [9.17, 15) is 4.79 Å². The highest BCUT2D eigenvalue weighted by Crippen LogP contribution is 2.30. The van der Waals surface area contributed by atoms with Crippen molar-refractivity contribution >= 4 is 5.91 Å². The predicted octanol–water partition coefficient (Wildman–Crippen LogP) is 1.60. The lowest BCUT2D eigenvalue weighted by Gasteiger charge is -2.11. The number of amides is 1. The van der Waals surface area contributed by atoms with Crippen molar-refractivity contribution in [1.29, 1.82) is 0 Å². The van der Waals surface area contributed by atoms with Crippen LogP contribution in [0, 0.1) is 0 Å². The number of hydrogen-bond donors (Lipinski definition) is 1. The standard InChI is InChI=1S/C17H18N6O2/c1-3-18-17(24)12-5-6-15(25-11-16-19-7-4-8-20-16)13(9-12)14-10-23(2)22-21-14/h4-10H,3,11H2,1-2H3,(H,18,24). The van der Waals surface area contributed by atoms with Crippen molar-refractivity contribution in [2.45, 2.75) is 13.5 Å². The Morgan fingerprint density at radius 2 is 2.08 bits per heavy atom. The van der Waals surface area contributed by atoms with E-state index in [0.717, 1.165) is 0 Å². The van der Waals surface area contributed by atoms with E-state index in [1.54, 1.807) is 54.6 Å². The van der Waals surface area contributed by atoms with Gasteiger partial charge < -0.3 is 10.1 Å². The number of ether oxygens (including phenoxy) is 1. The highest BCUT2D eigenvalue weighted by atomic mass is 16.5. The van der Waals surface area contributed by atoms with E-state index < -0.39 is 0 Å². The SMILES string of the molecule is CCNC(=O)c1ccc(OCc2ncccn2)c(-c2cn(C)nn2)c1. The van der Waals surface area contributed by atoms with Crippen LogP contribution in [0.1, 0.15) is 23.1 Å². The Hall–Kier alpha value is -3.29. The van der Waals surface area contributed by atoms with Gasteiger partial charge in [0.15, 0.2) is 5.82 Å². The summed E-state index contributed by atoms with van der Waals surface area (Å²) < 4.78 is 7.44. The second kappa shape index (κ2) is 7.52. The molecule has 0 saturated heterocycles. The molecule has 3 rings (SSSR count). The Balaban J connectivity index is 1.91. The average Bonchev–Trinajstić information content (AvgIpc) is 3.07. The highest BCUT2D eigenvalue weighted by Gasteiger charge is 2.14. The molecule has 2 heterocycles. The van der Waals surface area contributed by atoms with Gasteiger partial charge >= 0.3 is 0 Å². The van der Waals surface area contributed by atoms with Gasteiger partial charge in [-0.1, -0.05) is 5.21 Å². The first kappa shape index (κ1) is 16.6. The molecule has 128 valence electrons. The van der Waals surface area contributed by atoms with Crippen molar-refractivity contribution in [2.75, 3.05) is 6.54 Å². The third-order valence-electron chi connectivity index (χ3n) is 3.43. The van der Waals surface area contributed by atoms with Gasteiger partial charge in [0.1, 0.15) is 18.1 Å². The van der Waals surface area contributed by atoms with Gasteiger partial charge in [0.25, 0.3) is 5.91 Å². The monoisotopic (exact) mass is 338 g/mol. The second-order valence-corrected chi connectivity index (χ2v) is 5.30. The summed E-state index contributed by atoms with van der Waals surface area (Å²) in [5.41, 5.74) is 1.84. The first-order valence-electron chi connectivity index (χ1n) is 7.85. The quantitative estimate of drug-likeness (QED) is 0.733. The van der Waals surface area contributed by atoms with Gasteiger partial charge in [-0.15, -0.1) is 5.10 Å². The summed E-state index contributed by atoms with van der Waals surface area (Å²) >= 11 is 0. The van der Waals surface area contributed by atoms with E-state index in [-0.39, 0.29) is 12.5 Å². The summed E-state index contributed by atoms with van der Waals surface area (Å²) in [6.07, 6.45) is 5.09. The molecule has 0 saturated carbocycles. The van der Waals surface area contributed by atoms with Crippen molar-refractivity contribution in [3.63, 3.8) is 0 Å². The fraction of sp³-hybridized carbons (Fsp3) is 0.235. The Morgan fingerprint density at radius 1 is 1.28 bits per heavy atom. The van der Waals surface area contributed by atoms with Crippen LogP contribution in [0.2, 0.25) is 0 Å². The van der Waals surface area contributed by atoms with Gasteiger partial charge in [0, 0.05) is 37.1 Å². The zero-order valence-corrected chi connectivity index (χ0v) is 14.0. The molecule has 25 heavy (non-hydrogen) atoms. The first-order valence-corrected chi connectivity index (χ1v) is 7.85. The van der Waals surface area contributed by atoms with Crippen LogP contribution in [0.5, 0.6) is 5.75 Å². The van der Waals surface area contributed by atoms with Crippen LogP contribution in [0.15, 0.2) is 42.9 Å². The van der Waals surface area contributed by atoms with Crippen LogP contribution in [0.25, 0.3) is 11.3 Å². The summed E-state index contributed by atoms with van der Waals surface area (Å²) in [6, 6.07) is 6.95. The smallest absolute Gasteiger partial charge is 0.251 e. The lowest BCUT2D eigenvalue weighted by atomic mass is 10.1. The highest BCUT2D eigenvalue weighted by molar-refractivity contribution is 5.95. The number of hydrogen-bond acceptors (Lipinski definition) is 6. The molecule has 3 aromatic rings. The number of aromatic nitrogens is 5. The van der Waals surface area contributed by atoms with E-state index in [1.807, 2.05) is 6.92 Å². The maximum Gasteiger partial charge on any atom is 0.251 e. The molecule has 2 aromatic heterocycles. The minimum atomic E-state index is -0.148. The average molecular weight is 338 g/mol. The van der Waals surface area contributed by atoms with E-state index >= 15 is 0 Å². The van der Waals surface area contributed by atoms with Crippen LogP contribution in [-0.4, -0.2) is 37.4 Å². The second-order valence-electron chi connectivity index (χ2n) is 5.30. The number of carbonyl (C=O) groups excluding carboxylic acids is 1. The fourth-order valence-corrected chi connectivity index (χ4v) is 2.28. The van der Waals surface area contributed by atoms with Crippen molar-refractivity contribution in [3.8, 4) is 17.0 Å². The van der Waals surface area contributed by atoms with Gasteiger partial charge in [0.05, 0.1) is 6.20 Å². The first-order chi connectivity index (χ1) is 12.2. The minimum absolute atomic E-state index is 0.148. The summed E-state index contributed by atoms with van der Waals surface area (Å²) in [5.74, 6) is 1.01. The Kier molecular flexibility index (Phi) is 4.98. The molecular formula is C17H18N6O2. The molecule has 0 spiro atoms. The summed E-state index contributed by atoms with van der Waals surface area (Å²) in [5, 5.41) is 10.8. The molecule has 0 aliphatic heterocycles.